The minimum atomic E-state index is -2.22. The van der Waals surface area contributed by atoms with Crippen molar-refractivity contribution < 1.29 is 48.8 Å². The first-order chi connectivity index (χ1) is 22.7. The molecule has 4 rings (SSSR count). The number of unbranched alkanes of at least 4 members (excludes halogenated alkanes) is 2. The third kappa shape index (κ3) is 6.24. The number of aliphatic carboxylic acids is 1. The zero-order chi connectivity index (χ0) is 35.6. The number of carboxylic acids is 1. The number of esters is 2. The third-order valence-electron chi connectivity index (χ3n) is 10.9. The molecule has 0 aromatic heterocycles. The van der Waals surface area contributed by atoms with Crippen LogP contribution in [0.4, 0.5) is 0 Å². The Morgan fingerprint density at radius 2 is 1.81 bits per heavy atom. The van der Waals surface area contributed by atoms with E-state index < -0.39 is 99.8 Å². The van der Waals surface area contributed by atoms with Crippen LogP contribution in [0.2, 0.25) is 0 Å². The Labute approximate surface area is 280 Å². The molecule has 0 aromatic carbocycles. The van der Waals surface area contributed by atoms with Crippen molar-refractivity contribution in [1.82, 2.24) is 5.32 Å². The number of cyclic esters (lactones) is 2. The van der Waals surface area contributed by atoms with E-state index in [-0.39, 0.29) is 30.4 Å². The number of rotatable bonds is 14. The summed E-state index contributed by atoms with van der Waals surface area (Å²) in [4.78, 5) is 79.8. The lowest BCUT2D eigenvalue weighted by molar-refractivity contribution is -0.151. The second-order valence-electron chi connectivity index (χ2n) is 13.7. The van der Waals surface area contributed by atoms with Crippen LogP contribution >= 0.6 is 0 Å². The van der Waals surface area contributed by atoms with Gasteiger partial charge in [-0.2, -0.15) is 0 Å². The van der Waals surface area contributed by atoms with Crippen LogP contribution in [-0.2, 0) is 33.5 Å². The van der Waals surface area contributed by atoms with E-state index in [0.717, 1.165) is 12.8 Å². The third-order valence-corrected chi connectivity index (χ3v) is 10.9. The second-order valence-corrected chi connectivity index (χ2v) is 13.7. The summed E-state index contributed by atoms with van der Waals surface area (Å²) in [7, 11) is 0. The molecule has 8 atom stereocenters. The number of hydrogen-bond donors (Lipinski definition) is 4. The number of carboxylic acid groups (broad SMARTS) is 1. The van der Waals surface area contributed by atoms with Crippen molar-refractivity contribution in [2.45, 2.75) is 91.1 Å². The van der Waals surface area contributed by atoms with Crippen LogP contribution in [0.15, 0.2) is 59.4 Å². The summed E-state index contributed by atoms with van der Waals surface area (Å²) in [5, 5.41) is 36.8. The molecule has 0 spiro atoms. The van der Waals surface area contributed by atoms with E-state index in [1.807, 2.05) is 13.8 Å². The molecule has 11 heteroatoms. The minimum absolute atomic E-state index is 0.0649. The van der Waals surface area contributed by atoms with E-state index in [9.17, 15) is 44.1 Å². The molecule has 0 radical (unpaired) electrons. The Morgan fingerprint density at radius 1 is 1.10 bits per heavy atom. The van der Waals surface area contributed by atoms with E-state index in [4.69, 9.17) is 4.74 Å². The van der Waals surface area contributed by atoms with Gasteiger partial charge in [-0.15, -0.1) is 6.58 Å². The first-order valence-electron chi connectivity index (χ1n) is 16.9. The molecule has 4 aliphatic rings. The number of allylic oxidation sites excluding steroid dienone is 3. The van der Waals surface area contributed by atoms with Crippen LogP contribution in [0.25, 0.3) is 0 Å². The number of amides is 2. The normalized spacial score (nSPS) is 33.7. The molecule has 4 N–H and O–H groups in total. The number of carbonyl (C=O) groups excluding carboxylic acids is 5. The van der Waals surface area contributed by atoms with Gasteiger partial charge in [0.25, 0.3) is 5.91 Å². The lowest BCUT2D eigenvalue weighted by atomic mass is 9.62. The molecule has 2 heterocycles. The van der Waals surface area contributed by atoms with Gasteiger partial charge in [0.1, 0.15) is 11.4 Å². The number of ether oxygens (including phenoxy) is 1. The highest BCUT2D eigenvalue weighted by molar-refractivity contribution is 6.20. The van der Waals surface area contributed by atoms with Gasteiger partial charge >= 0.3 is 17.9 Å². The second kappa shape index (κ2) is 14.6. The summed E-state index contributed by atoms with van der Waals surface area (Å²) < 4.78 is 4.95. The number of aliphatic hydroxyl groups excluding tert-OH is 1. The van der Waals surface area contributed by atoms with Crippen LogP contribution < -0.4 is 5.32 Å². The summed E-state index contributed by atoms with van der Waals surface area (Å²) in [6.45, 7) is 11.2. The van der Waals surface area contributed by atoms with Crippen molar-refractivity contribution >= 4 is 35.5 Å². The number of aliphatic hydroxyl groups is 2. The Morgan fingerprint density at radius 3 is 2.42 bits per heavy atom. The van der Waals surface area contributed by atoms with Gasteiger partial charge in [-0.1, -0.05) is 64.3 Å². The molecule has 11 nitrogen and oxygen atoms in total. The van der Waals surface area contributed by atoms with Crippen LogP contribution in [0.3, 0.4) is 0 Å². The number of imide groups is 1. The summed E-state index contributed by atoms with van der Waals surface area (Å²) in [5.74, 6) is -10.4. The molecule has 2 aliphatic heterocycles. The number of fused-ring (bicyclic) bond motifs is 1. The lowest BCUT2D eigenvalue weighted by Gasteiger charge is -2.40. The van der Waals surface area contributed by atoms with Gasteiger partial charge in [0, 0.05) is 0 Å². The summed E-state index contributed by atoms with van der Waals surface area (Å²) in [5.41, 5.74) is -4.77. The topological polar surface area (TPSA) is 184 Å². The minimum Gasteiger partial charge on any atom is -0.511 e. The van der Waals surface area contributed by atoms with E-state index in [0.29, 0.717) is 19.3 Å². The number of carbonyl (C=O) groups is 6. The van der Waals surface area contributed by atoms with Crippen molar-refractivity contribution in [3.05, 3.63) is 59.4 Å². The first-order valence-corrected chi connectivity index (χ1v) is 16.9. The van der Waals surface area contributed by atoms with E-state index in [2.05, 4.69) is 11.9 Å². The van der Waals surface area contributed by atoms with E-state index in [1.165, 1.54) is 24.3 Å². The molecule has 1 saturated heterocycles. The smallest absolute Gasteiger partial charge is 0.346 e. The Hall–Kier alpha value is -4.12. The largest absolute Gasteiger partial charge is 0.511 e. The SMILES string of the molecule is C=CC(CCCCC)[C@]1(CC2=C(/C=C/CC)C(=O)OC2=O)C(=O)NC(=O)/C1=C(/O)[C@@H]1[C@@H]2[C@H](C[C@@H](C(=O)O)C[C@H]2C)C[C@@]1(O)C(=O)/C=C/C. The van der Waals surface area contributed by atoms with Crippen LogP contribution in [0, 0.1) is 40.9 Å². The van der Waals surface area contributed by atoms with Gasteiger partial charge in [-0.3, -0.25) is 24.5 Å². The average Bonchev–Trinajstić information content (AvgIpc) is 3.59. The van der Waals surface area contributed by atoms with Crippen molar-refractivity contribution in [2.75, 3.05) is 0 Å². The fourth-order valence-electron chi connectivity index (χ4n) is 8.73. The molecule has 2 saturated carbocycles. The molecular weight excluding hydrogens is 618 g/mol. The standard InChI is InChI=1S/C37H47NO10/c1-6-10-12-14-23(9-4)36(19-25-24(15-11-7-2)33(44)48-34(25)45)29(31(41)38-35(36)46)30(40)28-27-20(5)16-21(32(42)43)17-22(27)18-37(28,47)26(39)13-8-3/h8-9,11,13,15,20-23,27-28,40,47H,4,6-7,10,12,14,16-19H2,1-3,5H3,(H,42,43)(H,38,41,46)/b13-8+,15-11+,30-29-/t20-,21+,22-,23?,27+,28+,36+,37-/m1/s1. The van der Waals surface area contributed by atoms with Gasteiger partial charge in [-0.25, -0.2) is 9.59 Å². The lowest BCUT2D eigenvalue weighted by Crippen LogP contribution is -2.47. The van der Waals surface area contributed by atoms with E-state index >= 15 is 0 Å². The Kier molecular flexibility index (Phi) is 11.1. The fraction of sp³-hybridized carbons (Fsp3) is 0.568. The average molecular weight is 666 g/mol. The fourth-order valence-corrected chi connectivity index (χ4v) is 8.73. The molecule has 0 bridgehead atoms. The molecule has 2 aliphatic carbocycles. The van der Waals surface area contributed by atoms with Crippen LogP contribution in [-0.4, -0.2) is 56.4 Å². The highest BCUT2D eigenvalue weighted by Gasteiger charge is 2.65. The quantitative estimate of drug-likeness (QED) is 0.0382. The highest BCUT2D eigenvalue weighted by Crippen LogP contribution is 2.59. The van der Waals surface area contributed by atoms with Crippen molar-refractivity contribution in [3.8, 4) is 0 Å². The van der Waals surface area contributed by atoms with Crippen molar-refractivity contribution in [1.29, 1.82) is 0 Å². The predicted octanol–water partition coefficient (Wildman–Crippen LogP) is 4.82. The highest BCUT2D eigenvalue weighted by atomic mass is 16.6. The first kappa shape index (κ1) is 36.7. The molecule has 0 aromatic rings. The Balaban J connectivity index is 2.02. The monoisotopic (exact) mass is 665 g/mol. The van der Waals surface area contributed by atoms with Gasteiger partial charge in [0.15, 0.2) is 5.78 Å². The zero-order valence-corrected chi connectivity index (χ0v) is 28.1. The summed E-state index contributed by atoms with van der Waals surface area (Å²) >= 11 is 0. The predicted molar refractivity (Wildman–Crippen MR) is 175 cm³/mol. The molecule has 2 amide bonds. The maximum absolute atomic E-state index is 14.2. The van der Waals surface area contributed by atoms with Gasteiger partial charge < -0.3 is 20.1 Å². The number of hydrogen-bond acceptors (Lipinski definition) is 9. The maximum Gasteiger partial charge on any atom is 0.346 e. The van der Waals surface area contributed by atoms with Gasteiger partial charge in [0.2, 0.25) is 5.91 Å². The van der Waals surface area contributed by atoms with Crippen LogP contribution in [0.1, 0.15) is 85.5 Å². The molecular formula is C37H47NO10. The summed E-state index contributed by atoms with van der Waals surface area (Å²) in [6.07, 6.45) is 10.1. The zero-order valence-electron chi connectivity index (χ0n) is 28.1. The van der Waals surface area contributed by atoms with Crippen molar-refractivity contribution in [2.24, 2.45) is 40.9 Å². The van der Waals surface area contributed by atoms with Gasteiger partial charge in [-0.05, 0) is 75.2 Å². The summed E-state index contributed by atoms with van der Waals surface area (Å²) in [6, 6.07) is 0. The number of ketones is 1. The maximum atomic E-state index is 14.2. The molecule has 1 unspecified atom stereocenters. The molecule has 48 heavy (non-hydrogen) atoms. The number of nitrogens with one attached hydrogen (secondary N) is 1. The van der Waals surface area contributed by atoms with Crippen LogP contribution in [0.5, 0.6) is 0 Å². The molecule has 3 fully saturated rings. The van der Waals surface area contributed by atoms with E-state index in [1.54, 1.807) is 19.9 Å². The van der Waals surface area contributed by atoms with Crippen molar-refractivity contribution in [3.63, 3.8) is 0 Å². The molecule has 260 valence electrons. The Bertz CT molecular complexity index is 1520. The van der Waals surface area contributed by atoms with Gasteiger partial charge in [0.05, 0.1) is 34.0 Å².